The monoisotopic (exact) mass is 309 g/mol. The van der Waals surface area contributed by atoms with Crippen molar-refractivity contribution in [2.45, 2.75) is 56.1 Å². The fraction of sp³-hybridized carbons (Fsp3) is 0.647. The lowest BCUT2D eigenvalue weighted by molar-refractivity contribution is 0.410. The van der Waals surface area contributed by atoms with Crippen LogP contribution in [0, 0.1) is 0 Å². The van der Waals surface area contributed by atoms with E-state index in [4.69, 9.17) is 4.74 Å². The van der Waals surface area contributed by atoms with E-state index in [1.807, 2.05) is 13.1 Å². The number of benzene rings is 1. The molecule has 3 nitrogen and oxygen atoms in total. The van der Waals surface area contributed by atoms with E-state index in [1.54, 1.807) is 7.11 Å². The zero-order valence-corrected chi connectivity index (χ0v) is 14.2. The SMILES string of the molecule is CNC(C)c1ccc(OC)c(CS(=O)C2CCCCC2)c1. The van der Waals surface area contributed by atoms with E-state index >= 15 is 0 Å². The molecule has 1 aromatic rings. The highest BCUT2D eigenvalue weighted by atomic mass is 32.2. The van der Waals surface area contributed by atoms with Crippen molar-refractivity contribution < 1.29 is 8.95 Å². The van der Waals surface area contributed by atoms with Gasteiger partial charge in [0.2, 0.25) is 0 Å². The van der Waals surface area contributed by atoms with Crippen molar-refractivity contribution in [3.05, 3.63) is 29.3 Å². The molecule has 1 aromatic carbocycles. The average Bonchev–Trinajstić information content (AvgIpc) is 2.54. The summed E-state index contributed by atoms with van der Waals surface area (Å²) < 4.78 is 18.1. The highest BCUT2D eigenvalue weighted by Gasteiger charge is 2.21. The van der Waals surface area contributed by atoms with Gasteiger partial charge in [-0.15, -0.1) is 0 Å². The Morgan fingerprint density at radius 1 is 1.33 bits per heavy atom. The van der Waals surface area contributed by atoms with Crippen molar-refractivity contribution in [2.75, 3.05) is 14.2 Å². The quantitative estimate of drug-likeness (QED) is 0.873. The van der Waals surface area contributed by atoms with Gasteiger partial charge in [0.1, 0.15) is 5.75 Å². The van der Waals surface area contributed by atoms with Crippen molar-refractivity contribution in [2.24, 2.45) is 0 Å². The van der Waals surface area contributed by atoms with Gasteiger partial charge in [0.05, 0.1) is 12.9 Å². The summed E-state index contributed by atoms with van der Waals surface area (Å²) in [5.74, 6) is 1.46. The minimum atomic E-state index is -0.793. The third-order valence-corrected chi connectivity index (χ3v) is 6.27. The molecule has 1 aliphatic carbocycles. The summed E-state index contributed by atoms with van der Waals surface area (Å²) in [5, 5.41) is 3.62. The van der Waals surface area contributed by atoms with Crippen LogP contribution in [0.2, 0.25) is 0 Å². The van der Waals surface area contributed by atoms with Crippen LogP contribution in [0.4, 0.5) is 0 Å². The predicted molar refractivity (Wildman–Crippen MR) is 89.2 cm³/mol. The first kappa shape index (κ1) is 16.5. The molecule has 2 rings (SSSR count). The number of nitrogens with one attached hydrogen (secondary N) is 1. The van der Waals surface area contributed by atoms with Crippen LogP contribution in [0.25, 0.3) is 0 Å². The molecule has 0 spiro atoms. The van der Waals surface area contributed by atoms with E-state index < -0.39 is 10.8 Å². The summed E-state index contributed by atoms with van der Waals surface area (Å²) in [6.45, 7) is 2.13. The van der Waals surface area contributed by atoms with Gasteiger partial charge in [-0.1, -0.05) is 25.3 Å². The Hall–Kier alpha value is -0.870. The van der Waals surface area contributed by atoms with Gasteiger partial charge in [-0.05, 0) is 44.5 Å². The first-order valence-corrected chi connectivity index (χ1v) is 9.25. The number of hydrogen-bond acceptors (Lipinski definition) is 3. The molecule has 0 heterocycles. The molecular formula is C17H27NO2S. The molecule has 0 radical (unpaired) electrons. The lowest BCUT2D eigenvalue weighted by Gasteiger charge is -2.22. The molecule has 21 heavy (non-hydrogen) atoms. The van der Waals surface area contributed by atoms with Crippen LogP contribution in [0.5, 0.6) is 5.75 Å². The topological polar surface area (TPSA) is 38.3 Å². The van der Waals surface area contributed by atoms with Crippen molar-refractivity contribution in [3.63, 3.8) is 0 Å². The summed E-state index contributed by atoms with van der Waals surface area (Å²) in [6.07, 6.45) is 5.98. The molecule has 2 unspecified atom stereocenters. The van der Waals surface area contributed by atoms with Crippen molar-refractivity contribution in [3.8, 4) is 5.75 Å². The second-order valence-corrected chi connectivity index (χ2v) is 7.58. The van der Waals surface area contributed by atoms with Crippen molar-refractivity contribution in [1.82, 2.24) is 5.32 Å². The Kier molecular flexibility index (Phi) is 6.24. The number of ether oxygens (including phenoxy) is 1. The van der Waals surface area contributed by atoms with Gasteiger partial charge in [-0.3, -0.25) is 4.21 Å². The van der Waals surface area contributed by atoms with E-state index in [0.717, 1.165) is 24.2 Å². The fourth-order valence-electron chi connectivity index (χ4n) is 2.95. The number of methoxy groups -OCH3 is 1. The van der Waals surface area contributed by atoms with E-state index in [0.29, 0.717) is 11.0 Å². The van der Waals surface area contributed by atoms with E-state index in [9.17, 15) is 4.21 Å². The molecule has 1 fully saturated rings. The van der Waals surface area contributed by atoms with E-state index in [-0.39, 0.29) is 6.04 Å². The summed E-state index contributed by atoms with van der Waals surface area (Å²) in [5.41, 5.74) is 2.29. The van der Waals surface area contributed by atoms with E-state index in [2.05, 4.69) is 24.4 Å². The first-order valence-electron chi connectivity index (χ1n) is 7.87. The second-order valence-electron chi connectivity index (χ2n) is 5.87. The Morgan fingerprint density at radius 2 is 2.05 bits per heavy atom. The van der Waals surface area contributed by atoms with Crippen LogP contribution in [0.3, 0.4) is 0 Å². The molecular weight excluding hydrogens is 282 g/mol. The van der Waals surface area contributed by atoms with Crippen molar-refractivity contribution in [1.29, 1.82) is 0 Å². The molecule has 2 atom stereocenters. The van der Waals surface area contributed by atoms with Crippen LogP contribution in [-0.2, 0) is 16.6 Å². The number of hydrogen-bond donors (Lipinski definition) is 1. The third kappa shape index (κ3) is 4.30. The smallest absolute Gasteiger partial charge is 0.123 e. The maximum atomic E-state index is 12.6. The summed E-state index contributed by atoms with van der Waals surface area (Å²) in [4.78, 5) is 0. The molecule has 1 N–H and O–H groups in total. The minimum absolute atomic E-state index is 0.290. The summed E-state index contributed by atoms with van der Waals surface area (Å²) >= 11 is 0. The average molecular weight is 309 g/mol. The highest BCUT2D eigenvalue weighted by Crippen LogP contribution is 2.28. The van der Waals surface area contributed by atoms with Crippen LogP contribution >= 0.6 is 0 Å². The largest absolute Gasteiger partial charge is 0.496 e. The van der Waals surface area contributed by atoms with Gasteiger partial charge in [0.15, 0.2) is 0 Å². The van der Waals surface area contributed by atoms with Gasteiger partial charge >= 0.3 is 0 Å². The van der Waals surface area contributed by atoms with Gasteiger partial charge in [-0.2, -0.15) is 0 Å². The highest BCUT2D eigenvalue weighted by molar-refractivity contribution is 7.84. The number of rotatable bonds is 6. The zero-order chi connectivity index (χ0) is 15.2. The van der Waals surface area contributed by atoms with Crippen LogP contribution in [0.1, 0.15) is 56.2 Å². The Labute approximate surface area is 130 Å². The summed E-state index contributed by atoms with van der Waals surface area (Å²) in [6, 6.07) is 6.50. The molecule has 0 aromatic heterocycles. The predicted octanol–water partition coefficient (Wildman–Crippen LogP) is 3.56. The molecule has 0 aliphatic heterocycles. The first-order chi connectivity index (χ1) is 10.2. The third-order valence-electron chi connectivity index (χ3n) is 4.46. The van der Waals surface area contributed by atoms with Gasteiger partial charge in [-0.25, -0.2) is 0 Å². The van der Waals surface area contributed by atoms with Gasteiger partial charge in [0.25, 0.3) is 0 Å². The molecule has 0 saturated heterocycles. The molecule has 1 saturated carbocycles. The molecule has 4 heteroatoms. The molecule has 1 aliphatic rings. The fourth-order valence-corrected chi connectivity index (χ4v) is 4.57. The van der Waals surface area contributed by atoms with Crippen molar-refractivity contribution >= 4 is 10.8 Å². The zero-order valence-electron chi connectivity index (χ0n) is 13.4. The Balaban J connectivity index is 2.14. The normalized spacial score (nSPS) is 19.2. The van der Waals surface area contributed by atoms with Gasteiger partial charge in [0, 0.05) is 27.7 Å². The molecule has 0 bridgehead atoms. The van der Waals surface area contributed by atoms with Crippen LogP contribution < -0.4 is 10.1 Å². The standard InChI is InChI=1S/C17H27NO2S/c1-13(18-2)14-9-10-17(20-3)15(11-14)12-21(19)16-7-5-4-6-8-16/h9-11,13,16,18H,4-8,12H2,1-3H3. The second kappa shape index (κ2) is 7.95. The van der Waals surface area contributed by atoms with Crippen LogP contribution in [0.15, 0.2) is 18.2 Å². The van der Waals surface area contributed by atoms with Crippen LogP contribution in [-0.4, -0.2) is 23.6 Å². The maximum absolute atomic E-state index is 12.6. The Morgan fingerprint density at radius 3 is 2.67 bits per heavy atom. The molecule has 118 valence electrons. The Bertz CT molecular complexity index is 484. The molecule has 0 amide bonds. The summed E-state index contributed by atoms with van der Waals surface area (Å²) in [7, 11) is 2.84. The van der Waals surface area contributed by atoms with E-state index in [1.165, 1.54) is 24.8 Å². The lowest BCUT2D eigenvalue weighted by Crippen LogP contribution is -2.20. The lowest BCUT2D eigenvalue weighted by atomic mass is 10.0. The maximum Gasteiger partial charge on any atom is 0.123 e. The minimum Gasteiger partial charge on any atom is -0.496 e. The van der Waals surface area contributed by atoms with Gasteiger partial charge < -0.3 is 10.1 Å².